The van der Waals surface area contributed by atoms with E-state index in [-0.39, 0.29) is 31.2 Å². The number of hydrogen-bond acceptors (Lipinski definition) is 3. The second-order valence-electron chi connectivity index (χ2n) is 3.14. The number of carbonyl (C=O) groups is 3. The quantitative estimate of drug-likeness (QED) is 0.669. The van der Waals surface area contributed by atoms with E-state index in [1.54, 1.807) is 0 Å². The number of imide groups is 1. The minimum absolute atomic E-state index is 0.0938. The van der Waals surface area contributed by atoms with Gasteiger partial charge in [-0.1, -0.05) is 0 Å². The molecule has 0 spiro atoms. The molecule has 0 atom stereocenters. The van der Waals surface area contributed by atoms with Gasteiger partial charge in [-0.05, 0) is 0 Å². The predicted molar refractivity (Wildman–Crippen MR) is 60.2 cm³/mol. The third kappa shape index (κ3) is 6.23. The van der Waals surface area contributed by atoms with Gasteiger partial charge in [0.15, 0.2) is 0 Å². The topological polar surface area (TPSA) is 78.5 Å². The van der Waals surface area contributed by atoms with Gasteiger partial charge >= 0.3 is 6.03 Å². The lowest BCUT2D eigenvalue weighted by Gasteiger charge is -2.16. The van der Waals surface area contributed by atoms with Crippen LogP contribution in [0.15, 0.2) is 0 Å². The molecule has 16 heavy (non-hydrogen) atoms. The molecule has 4 amide bonds. The Hall–Kier alpha value is -1.30. The molecule has 0 fully saturated rings. The Morgan fingerprint density at radius 3 is 2.31 bits per heavy atom. The molecule has 0 aromatic carbocycles. The fourth-order valence-electron chi connectivity index (χ4n) is 0.859. The van der Waals surface area contributed by atoms with Crippen LogP contribution >= 0.6 is 11.6 Å². The lowest BCUT2D eigenvalue weighted by atomic mass is 10.4. The van der Waals surface area contributed by atoms with Crippen LogP contribution in [-0.4, -0.2) is 49.3 Å². The highest BCUT2D eigenvalue weighted by Crippen LogP contribution is 1.90. The fourth-order valence-corrected chi connectivity index (χ4v) is 1.03. The summed E-state index contributed by atoms with van der Waals surface area (Å²) >= 11 is 5.34. The smallest absolute Gasteiger partial charge is 0.323 e. The first-order valence-corrected chi connectivity index (χ1v) is 5.36. The zero-order chi connectivity index (χ0) is 12.6. The van der Waals surface area contributed by atoms with Crippen molar-refractivity contribution in [1.29, 1.82) is 0 Å². The highest BCUT2D eigenvalue weighted by atomic mass is 35.5. The predicted octanol–water partition coefficient (Wildman–Crippen LogP) is -0.0806. The Bertz CT molecular complexity index is 271. The minimum Gasteiger partial charge on any atom is -0.359 e. The standard InChI is InChI=1S/C9H16ClN3O3/c1-11-7(14)4-6-13(2)9(16)12-8(15)3-5-10/h3-6H2,1-2H3,(H,11,14)(H,12,15,16). The van der Waals surface area contributed by atoms with Crippen LogP contribution in [0.4, 0.5) is 4.79 Å². The molecule has 0 saturated heterocycles. The van der Waals surface area contributed by atoms with Gasteiger partial charge in [-0.25, -0.2) is 4.79 Å². The van der Waals surface area contributed by atoms with Crippen molar-refractivity contribution in [2.45, 2.75) is 12.8 Å². The maximum atomic E-state index is 11.3. The zero-order valence-electron chi connectivity index (χ0n) is 9.38. The maximum absolute atomic E-state index is 11.3. The average molecular weight is 250 g/mol. The first-order chi connectivity index (χ1) is 7.51. The van der Waals surface area contributed by atoms with Crippen LogP contribution in [0.2, 0.25) is 0 Å². The van der Waals surface area contributed by atoms with Crippen LogP contribution in [0.25, 0.3) is 0 Å². The highest BCUT2D eigenvalue weighted by Gasteiger charge is 2.12. The first kappa shape index (κ1) is 14.7. The van der Waals surface area contributed by atoms with Crippen LogP contribution in [0.3, 0.4) is 0 Å². The number of carbonyl (C=O) groups excluding carboxylic acids is 3. The van der Waals surface area contributed by atoms with E-state index in [1.165, 1.54) is 19.0 Å². The summed E-state index contributed by atoms with van der Waals surface area (Å²) < 4.78 is 0. The summed E-state index contributed by atoms with van der Waals surface area (Å²) in [5.74, 6) is -0.417. The van der Waals surface area contributed by atoms with E-state index in [0.29, 0.717) is 0 Å². The Morgan fingerprint density at radius 2 is 1.81 bits per heavy atom. The van der Waals surface area contributed by atoms with Gasteiger partial charge in [-0.15, -0.1) is 11.6 Å². The Kier molecular flexibility index (Phi) is 7.28. The Labute approximate surface area is 99.3 Å². The van der Waals surface area contributed by atoms with Crippen molar-refractivity contribution >= 4 is 29.4 Å². The normalized spacial score (nSPS) is 9.44. The molecule has 0 rings (SSSR count). The van der Waals surface area contributed by atoms with E-state index in [2.05, 4.69) is 10.6 Å². The molecule has 0 aromatic rings. The number of alkyl halides is 1. The minimum atomic E-state index is -0.529. The van der Waals surface area contributed by atoms with Gasteiger partial charge in [-0.2, -0.15) is 0 Å². The molecule has 0 aromatic heterocycles. The average Bonchev–Trinajstić information content (AvgIpc) is 2.25. The third-order valence-corrected chi connectivity index (χ3v) is 2.06. The summed E-state index contributed by atoms with van der Waals surface area (Å²) in [6.45, 7) is 0.250. The van der Waals surface area contributed by atoms with E-state index in [4.69, 9.17) is 11.6 Å². The van der Waals surface area contributed by atoms with Gasteiger partial charge in [0.2, 0.25) is 11.8 Å². The second kappa shape index (κ2) is 7.92. The number of urea groups is 1. The summed E-state index contributed by atoms with van der Waals surface area (Å²) in [6, 6.07) is -0.529. The van der Waals surface area contributed by atoms with Crippen molar-refractivity contribution in [2.75, 3.05) is 26.5 Å². The van der Waals surface area contributed by atoms with Crippen LogP contribution < -0.4 is 10.6 Å². The molecule has 0 aliphatic carbocycles. The van der Waals surface area contributed by atoms with Crippen molar-refractivity contribution in [1.82, 2.24) is 15.5 Å². The molecule has 0 unspecified atom stereocenters. The van der Waals surface area contributed by atoms with E-state index < -0.39 is 11.9 Å². The lowest BCUT2D eigenvalue weighted by Crippen LogP contribution is -2.42. The molecule has 0 radical (unpaired) electrons. The molecule has 0 heterocycles. The van der Waals surface area contributed by atoms with Crippen molar-refractivity contribution in [3.8, 4) is 0 Å². The van der Waals surface area contributed by atoms with Crippen LogP contribution in [0.5, 0.6) is 0 Å². The highest BCUT2D eigenvalue weighted by molar-refractivity contribution is 6.19. The van der Waals surface area contributed by atoms with Gasteiger partial charge in [-0.3, -0.25) is 14.9 Å². The number of nitrogens with one attached hydrogen (secondary N) is 2. The van der Waals surface area contributed by atoms with Crippen LogP contribution in [-0.2, 0) is 9.59 Å². The molecule has 0 bridgehead atoms. The third-order valence-electron chi connectivity index (χ3n) is 1.87. The van der Waals surface area contributed by atoms with E-state index in [0.717, 1.165) is 0 Å². The lowest BCUT2D eigenvalue weighted by molar-refractivity contribution is -0.120. The molecule has 2 N–H and O–H groups in total. The summed E-state index contributed by atoms with van der Waals surface area (Å²) in [6.07, 6.45) is 0.292. The summed E-state index contributed by atoms with van der Waals surface area (Å²) in [5.41, 5.74) is 0. The largest absolute Gasteiger partial charge is 0.359 e. The fraction of sp³-hybridized carbons (Fsp3) is 0.667. The van der Waals surface area contributed by atoms with E-state index >= 15 is 0 Å². The SMILES string of the molecule is CNC(=O)CCN(C)C(=O)NC(=O)CCCl. The number of halogens is 1. The Morgan fingerprint density at radius 1 is 1.19 bits per heavy atom. The van der Waals surface area contributed by atoms with Crippen molar-refractivity contribution in [2.24, 2.45) is 0 Å². The molecule has 7 heteroatoms. The van der Waals surface area contributed by atoms with Crippen LogP contribution in [0, 0.1) is 0 Å². The second-order valence-corrected chi connectivity index (χ2v) is 3.52. The molecule has 0 aliphatic rings. The van der Waals surface area contributed by atoms with Crippen molar-refractivity contribution in [3.63, 3.8) is 0 Å². The number of nitrogens with zero attached hydrogens (tertiary/aromatic N) is 1. The summed E-state index contributed by atoms with van der Waals surface area (Å²) in [5, 5.41) is 4.59. The molecular weight excluding hydrogens is 234 g/mol. The molecule has 92 valence electrons. The molecule has 0 saturated carbocycles. The number of hydrogen-bond donors (Lipinski definition) is 2. The first-order valence-electron chi connectivity index (χ1n) is 4.82. The van der Waals surface area contributed by atoms with E-state index in [1.807, 2.05) is 0 Å². The summed E-state index contributed by atoms with van der Waals surface area (Å²) in [4.78, 5) is 34.6. The van der Waals surface area contributed by atoms with Crippen molar-refractivity contribution < 1.29 is 14.4 Å². The zero-order valence-corrected chi connectivity index (χ0v) is 10.1. The van der Waals surface area contributed by atoms with E-state index in [9.17, 15) is 14.4 Å². The van der Waals surface area contributed by atoms with Gasteiger partial charge in [0, 0.05) is 39.4 Å². The molecule has 6 nitrogen and oxygen atoms in total. The van der Waals surface area contributed by atoms with Gasteiger partial charge in [0.25, 0.3) is 0 Å². The molecule has 0 aliphatic heterocycles. The Balaban J connectivity index is 3.90. The molecular formula is C9H16ClN3O3. The van der Waals surface area contributed by atoms with Gasteiger partial charge in [0.1, 0.15) is 0 Å². The number of amides is 4. The number of rotatable bonds is 5. The van der Waals surface area contributed by atoms with Crippen LogP contribution in [0.1, 0.15) is 12.8 Å². The van der Waals surface area contributed by atoms with Gasteiger partial charge in [0.05, 0.1) is 0 Å². The monoisotopic (exact) mass is 249 g/mol. The summed E-state index contributed by atoms with van der Waals surface area (Å²) in [7, 11) is 3.03. The van der Waals surface area contributed by atoms with Crippen molar-refractivity contribution in [3.05, 3.63) is 0 Å². The maximum Gasteiger partial charge on any atom is 0.323 e. The van der Waals surface area contributed by atoms with Gasteiger partial charge < -0.3 is 10.2 Å².